The molecule has 0 saturated heterocycles. The lowest BCUT2D eigenvalue weighted by atomic mass is 9.64. The van der Waals surface area contributed by atoms with E-state index in [4.69, 9.17) is 23.4 Å². The molecule has 6 aromatic rings. The van der Waals surface area contributed by atoms with E-state index < -0.39 is 47.9 Å². The highest BCUT2D eigenvalue weighted by Crippen LogP contribution is 2.62. The first-order valence-electron chi connectivity index (χ1n) is 31.0. The van der Waals surface area contributed by atoms with Crippen LogP contribution in [0.5, 0.6) is 5.75 Å². The third-order valence-electron chi connectivity index (χ3n) is 21.1. The Kier molecular flexibility index (Phi) is 15.8. The Bertz CT molecular complexity index is 3580. The van der Waals surface area contributed by atoms with Crippen LogP contribution in [0.2, 0.25) is 0 Å². The maximum absolute atomic E-state index is 15.9. The van der Waals surface area contributed by atoms with Crippen molar-refractivity contribution in [2.24, 2.45) is 23.7 Å². The van der Waals surface area contributed by atoms with Crippen molar-refractivity contribution in [2.75, 3.05) is 26.9 Å². The maximum Gasteiger partial charge on any atom is 0.340 e. The van der Waals surface area contributed by atoms with Gasteiger partial charge in [0.1, 0.15) is 11.3 Å². The molecule has 3 N–H and O–H groups in total. The van der Waals surface area contributed by atoms with Crippen molar-refractivity contribution in [3.05, 3.63) is 211 Å². The second kappa shape index (κ2) is 23.5. The van der Waals surface area contributed by atoms with Crippen LogP contribution in [0.4, 0.5) is 0 Å². The third kappa shape index (κ3) is 9.90. The number of fused-ring (bicyclic) bond motifs is 17. The standard InChI is InChI=1S/C73H78O11/c1-44(41-75)54-27-22-45-20-23-47(24-21-45)55-28-26-49(48-14-11-17-53(38-48)72(33-9-4-10-34-72)52-15-5-3-6-16-52)37-51(55)39-64(77)81-68-66-63(31-30-59-61(42-76)65(71(79)82-67(59)66)50(32-36-74)43-80-2)84-73(69(68)83-70(54)78)35-12-19-58-57-29-25-46-13-7-8-18-56(46)60(57)40-62(58)73/h3,5-8,11-21,23-25,29-31,38,49-51,55,57-58,60,62,68-69,74-76H,4,9-10,22,26-28,32-37,39-43H2,1-2H3. The zero-order valence-corrected chi connectivity index (χ0v) is 48.4. The van der Waals surface area contributed by atoms with Crippen LogP contribution in [0.3, 0.4) is 0 Å². The highest BCUT2D eigenvalue weighted by atomic mass is 16.6. The number of rotatable bonds is 10. The van der Waals surface area contributed by atoms with E-state index in [-0.39, 0.29) is 103 Å². The summed E-state index contributed by atoms with van der Waals surface area (Å²) in [4.78, 5) is 46.1. The third-order valence-corrected chi connectivity index (χ3v) is 21.1. The van der Waals surface area contributed by atoms with Crippen molar-refractivity contribution >= 4 is 29.0 Å². The summed E-state index contributed by atoms with van der Waals surface area (Å²) in [7, 11) is 1.52. The molecule has 5 aromatic carbocycles. The van der Waals surface area contributed by atoms with E-state index in [0.29, 0.717) is 47.1 Å². The van der Waals surface area contributed by atoms with Crippen LogP contribution in [0.1, 0.15) is 176 Å². The normalized spacial score (nSPS) is 28.8. The number of carbonyl (C=O) groups is 2. The molecular formula is C73H78O11. The van der Waals surface area contributed by atoms with Gasteiger partial charge in [-0.3, -0.25) is 4.79 Å². The number of hydrogen-bond donors (Lipinski definition) is 3. The quantitative estimate of drug-likeness (QED) is 0.0518. The lowest BCUT2D eigenvalue weighted by Gasteiger charge is -2.52. The maximum atomic E-state index is 15.9. The fourth-order valence-electron chi connectivity index (χ4n) is 17.0. The van der Waals surface area contributed by atoms with Gasteiger partial charge in [-0.25, -0.2) is 9.59 Å². The van der Waals surface area contributed by atoms with Crippen molar-refractivity contribution in [3.8, 4) is 5.75 Å². The Morgan fingerprint density at radius 1 is 0.774 bits per heavy atom. The van der Waals surface area contributed by atoms with Crippen molar-refractivity contribution in [2.45, 2.75) is 150 Å². The van der Waals surface area contributed by atoms with E-state index in [2.05, 4.69) is 127 Å². The number of benzene rings is 5. The highest BCUT2D eigenvalue weighted by molar-refractivity contribution is 5.90. The molecular weight excluding hydrogens is 1050 g/mol. The van der Waals surface area contributed by atoms with Gasteiger partial charge in [-0.15, -0.1) is 0 Å². The summed E-state index contributed by atoms with van der Waals surface area (Å²) >= 11 is 0. The smallest absolute Gasteiger partial charge is 0.340 e. The zero-order chi connectivity index (χ0) is 57.7. The highest BCUT2D eigenvalue weighted by Gasteiger charge is 2.64. The average molecular weight is 1130 g/mol. The van der Waals surface area contributed by atoms with Crippen LogP contribution >= 0.6 is 0 Å². The van der Waals surface area contributed by atoms with E-state index >= 15 is 9.59 Å². The van der Waals surface area contributed by atoms with Gasteiger partial charge in [0.2, 0.25) is 0 Å². The Labute approximate surface area is 492 Å². The van der Waals surface area contributed by atoms with Crippen molar-refractivity contribution in [1.29, 1.82) is 0 Å². The first-order valence-corrected chi connectivity index (χ1v) is 31.0. The van der Waals surface area contributed by atoms with Crippen LogP contribution in [0.25, 0.3) is 17.0 Å². The SMILES string of the molecule is COCC(CCO)c1c(CO)c2ccc3c(c2oc1=O)C1OC(=O)CC2CC(c4cccc(C5(c6ccccc6)CCCCC5)c4)CCC2c2ccc(cc2)CCC(=C(C)CO)C(=O)OC1C1(CC=CC2C4C=Cc5ccccc5C4CC21)O3. The van der Waals surface area contributed by atoms with E-state index in [1.54, 1.807) is 13.0 Å². The topological polar surface area (TPSA) is 162 Å². The largest absolute Gasteiger partial charge is 0.482 e. The second-order valence-electron chi connectivity index (χ2n) is 25.3. The molecule has 0 radical (unpaired) electrons. The van der Waals surface area contributed by atoms with E-state index in [1.807, 2.05) is 6.07 Å². The van der Waals surface area contributed by atoms with Gasteiger partial charge in [0.05, 0.1) is 25.4 Å². The van der Waals surface area contributed by atoms with E-state index in [0.717, 1.165) is 43.2 Å². The minimum atomic E-state index is -1.36. The number of methoxy groups -OCH3 is 1. The Morgan fingerprint density at radius 3 is 2.36 bits per heavy atom. The van der Waals surface area contributed by atoms with Crippen LogP contribution in [-0.4, -0.2) is 65.9 Å². The first-order chi connectivity index (χ1) is 41.1. The lowest BCUT2D eigenvalue weighted by Crippen LogP contribution is -2.61. The number of aryl methyl sites for hydroxylation is 1. The summed E-state index contributed by atoms with van der Waals surface area (Å²) in [6.45, 7) is 0.688. The molecule has 5 aliphatic carbocycles. The molecule has 3 aliphatic heterocycles. The Balaban J connectivity index is 0.959. The van der Waals surface area contributed by atoms with Crippen molar-refractivity contribution < 1.29 is 48.3 Å². The van der Waals surface area contributed by atoms with Crippen molar-refractivity contribution in [3.63, 3.8) is 0 Å². The van der Waals surface area contributed by atoms with Gasteiger partial charge in [-0.1, -0.05) is 147 Å². The molecule has 1 aromatic heterocycles. The number of aliphatic hydroxyl groups is 3. The molecule has 4 heterocycles. The molecule has 8 aliphatic rings. The molecule has 14 rings (SSSR count). The lowest BCUT2D eigenvalue weighted by molar-refractivity contribution is -0.205. The predicted octanol–water partition coefficient (Wildman–Crippen LogP) is 13.3. The molecule has 2 bridgehead atoms. The van der Waals surface area contributed by atoms with E-state index in [1.165, 1.54) is 54.2 Å². The average Bonchev–Trinajstić information content (AvgIpc) is 1.55. The van der Waals surface area contributed by atoms with Crippen LogP contribution in [-0.2, 0) is 42.2 Å². The summed E-state index contributed by atoms with van der Waals surface area (Å²) in [5.41, 5.74) is 8.11. The van der Waals surface area contributed by atoms with Gasteiger partial charge in [0.15, 0.2) is 17.8 Å². The number of aliphatic hydroxyl groups excluding tert-OH is 3. The predicted molar refractivity (Wildman–Crippen MR) is 323 cm³/mol. The van der Waals surface area contributed by atoms with Crippen LogP contribution in [0.15, 0.2) is 154 Å². The second-order valence-corrected chi connectivity index (χ2v) is 25.3. The summed E-state index contributed by atoms with van der Waals surface area (Å²) in [6, 6.07) is 41.1. The van der Waals surface area contributed by atoms with Gasteiger partial charge in [0.25, 0.3) is 0 Å². The molecule has 436 valence electrons. The van der Waals surface area contributed by atoms with Crippen LogP contribution in [0, 0.1) is 23.7 Å². The van der Waals surface area contributed by atoms with Gasteiger partial charge in [-0.05, 0) is 162 Å². The van der Waals surface area contributed by atoms with Crippen LogP contribution < -0.4 is 10.4 Å². The molecule has 11 nitrogen and oxygen atoms in total. The Morgan fingerprint density at radius 2 is 1.57 bits per heavy atom. The monoisotopic (exact) mass is 1130 g/mol. The van der Waals surface area contributed by atoms with Gasteiger partial charge >= 0.3 is 17.6 Å². The van der Waals surface area contributed by atoms with Crippen molar-refractivity contribution in [1.82, 2.24) is 0 Å². The van der Waals surface area contributed by atoms with E-state index in [9.17, 15) is 20.1 Å². The molecule has 11 atom stereocenters. The van der Waals surface area contributed by atoms with Gasteiger partial charge in [0, 0.05) is 60.3 Å². The fourth-order valence-corrected chi connectivity index (χ4v) is 17.0. The molecule has 3 saturated carbocycles. The summed E-state index contributed by atoms with van der Waals surface area (Å²) in [5.74, 6) is -1.42. The number of allylic oxidation sites excluding steroid dienone is 2. The summed E-state index contributed by atoms with van der Waals surface area (Å²) in [5, 5.41) is 32.7. The molecule has 11 unspecified atom stereocenters. The molecule has 84 heavy (non-hydrogen) atoms. The summed E-state index contributed by atoms with van der Waals surface area (Å²) < 4.78 is 33.9. The minimum Gasteiger partial charge on any atom is -0.482 e. The Hall–Kier alpha value is -6.89. The summed E-state index contributed by atoms with van der Waals surface area (Å²) in [6.07, 6.45) is 16.7. The fraction of sp³-hybridized carbons (Fsp3) is 0.438. The number of carbonyl (C=O) groups excluding carboxylic acids is 2. The van der Waals surface area contributed by atoms with Gasteiger partial charge < -0.3 is 38.7 Å². The van der Waals surface area contributed by atoms with Gasteiger partial charge in [-0.2, -0.15) is 0 Å². The molecule has 3 fully saturated rings. The number of ether oxygens (including phenoxy) is 4. The number of esters is 2. The zero-order valence-electron chi connectivity index (χ0n) is 48.4. The minimum absolute atomic E-state index is 0.0346. The number of hydrogen-bond acceptors (Lipinski definition) is 11. The molecule has 0 amide bonds. The first kappa shape index (κ1) is 56.3. The molecule has 11 heteroatoms. The molecule has 1 spiro atoms.